The van der Waals surface area contributed by atoms with E-state index in [1.807, 2.05) is 0 Å². The number of halogens is 2. The third-order valence-corrected chi connectivity index (χ3v) is 3.08. The molecule has 2 rings (SSSR count). The lowest BCUT2D eigenvalue weighted by atomic mass is 10.2. The summed E-state index contributed by atoms with van der Waals surface area (Å²) in [6.45, 7) is 1.12. The molecule has 0 spiro atoms. The van der Waals surface area contributed by atoms with Gasteiger partial charge in [-0.1, -0.05) is 17.7 Å². The van der Waals surface area contributed by atoms with Gasteiger partial charge in [0.1, 0.15) is 11.6 Å². The van der Waals surface area contributed by atoms with E-state index >= 15 is 0 Å². The number of benzene rings is 1. The molecule has 0 atom stereocenters. The van der Waals surface area contributed by atoms with E-state index in [9.17, 15) is 9.18 Å². The SMILES string of the molecule is NCCCOc1cnn(Cc2ccc(Cl)c(F)c2)c(=O)c1. The van der Waals surface area contributed by atoms with Crippen LogP contribution in [0, 0.1) is 5.82 Å². The van der Waals surface area contributed by atoms with Gasteiger partial charge in [0.15, 0.2) is 0 Å². The van der Waals surface area contributed by atoms with Crippen molar-refractivity contribution in [2.75, 3.05) is 13.2 Å². The molecule has 112 valence electrons. The molecular formula is C14H15ClFN3O2. The van der Waals surface area contributed by atoms with Gasteiger partial charge in [-0.05, 0) is 30.7 Å². The minimum atomic E-state index is -0.524. The maximum atomic E-state index is 13.3. The van der Waals surface area contributed by atoms with Gasteiger partial charge in [0.05, 0.1) is 24.4 Å². The fourth-order valence-corrected chi connectivity index (χ4v) is 1.82. The van der Waals surface area contributed by atoms with Crippen LogP contribution in [0.1, 0.15) is 12.0 Å². The summed E-state index contributed by atoms with van der Waals surface area (Å²) >= 11 is 5.61. The van der Waals surface area contributed by atoms with Crippen LogP contribution in [-0.4, -0.2) is 22.9 Å². The van der Waals surface area contributed by atoms with Crippen LogP contribution in [0.4, 0.5) is 4.39 Å². The summed E-state index contributed by atoms with van der Waals surface area (Å²) in [5.74, 6) is -0.129. The summed E-state index contributed by atoms with van der Waals surface area (Å²) in [4.78, 5) is 11.9. The monoisotopic (exact) mass is 311 g/mol. The summed E-state index contributed by atoms with van der Waals surface area (Å²) < 4.78 is 19.9. The quantitative estimate of drug-likeness (QED) is 0.826. The van der Waals surface area contributed by atoms with Crippen molar-refractivity contribution in [2.24, 2.45) is 5.73 Å². The standard InChI is InChI=1S/C14H15ClFN3O2/c15-12-3-2-10(6-13(12)16)9-19-14(20)7-11(8-18-19)21-5-1-4-17/h2-3,6-8H,1,4-5,9,17H2. The van der Waals surface area contributed by atoms with Crippen molar-refractivity contribution < 1.29 is 9.13 Å². The van der Waals surface area contributed by atoms with Crippen LogP contribution < -0.4 is 16.0 Å². The van der Waals surface area contributed by atoms with Crippen molar-refractivity contribution in [1.82, 2.24) is 9.78 Å². The zero-order valence-electron chi connectivity index (χ0n) is 11.3. The summed E-state index contributed by atoms with van der Waals surface area (Å²) in [6.07, 6.45) is 2.15. The van der Waals surface area contributed by atoms with Gasteiger partial charge in [0.2, 0.25) is 0 Å². The van der Waals surface area contributed by atoms with E-state index < -0.39 is 5.82 Å². The Kier molecular flexibility index (Phi) is 5.30. The Balaban J connectivity index is 2.10. The molecule has 0 unspecified atom stereocenters. The topological polar surface area (TPSA) is 70.1 Å². The van der Waals surface area contributed by atoms with Crippen LogP contribution in [0.3, 0.4) is 0 Å². The first-order valence-electron chi connectivity index (χ1n) is 6.44. The average Bonchev–Trinajstić information content (AvgIpc) is 2.46. The van der Waals surface area contributed by atoms with Gasteiger partial charge in [-0.15, -0.1) is 0 Å². The molecule has 0 aliphatic carbocycles. The van der Waals surface area contributed by atoms with Crippen molar-refractivity contribution in [2.45, 2.75) is 13.0 Å². The van der Waals surface area contributed by atoms with Crippen LogP contribution in [0.15, 0.2) is 35.3 Å². The van der Waals surface area contributed by atoms with Crippen molar-refractivity contribution in [1.29, 1.82) is 0 Å². The maximum Gasteiger partial charge on any atom is 0.270 e. The number of ether oxygens (including phenoxy) is 1. The fourth-order valence-electron chi connectivity index (χ4n) is 1.70. The molecule has 21 heavy (non-hydrogen) atoms. The number of nitrogens with two attached hydrogens (primary N) is 1. The lowest BCUT2D eigenvalue weighted by Gasteiger charge is -2.08. The highest BCUT2D eigenvalue weighted by molar-refractivity contribution is 6.30. The van der Waals surface area contributed by atoms with Crippen LogP contribution in [-0.2, 0) is 6.54 Å². The Morgan fingerprint density at radius 1 is 1.38 bits per heavy atom. The molecule has 1 heterocycles. The molecule has 7 heteroatoms. The van der Waals surface area contributed by atoms with E-state index in [2.05, 4.69) is 5.10 Å². The summed E-state index contributed by atoms with van der Waals surface area (Å²) in [5.41, 5.74) is 5.63. The first-order chi connectivity index (χ1) is 10.1. The number of rotatable bonds is 6. The van der Waals surface area contributed by atoms with Gasteiger partial charge >= 0.3 is 0 Å². The second-order valence-corrected chi connectivity index (χ2v) is 4.83. The molecular weight excluding hydrogens is 297 g/mol. The second-order valence-electron chi connectivity index (χ2n) is 4.43. The van der Waals surface area contributed by atoms with Gasteiger partial charge in [0, 0.05) is 6.07 Å². The molecule has 0 aliphatic heterocycles. The summed E-state index contributed by atoms with van der Waals surface area (Å²) in [6, 6.07) is 5.71. The molecule has 0 radical (unpaired) electrons. The zero-order valence-corrected chi connectivity index (χ0v) is 12.0. The highest BCUT2D eigenvalue weighted by Crippen LogP contribution is 2.16. The van der Waals surface area contributed by atoms with Crippen molar-refractivity contribution in [3.8, 4) is 5.75 Å². The first-order valence-corrected chi connectivity index (χ1v) is 6.82. The summed E-state index contributed by atoms with van der Waals surface area (Å²) in [7, 11) is 0. The molecule has 0 bridgehead atoms. The van der Waals surface area contributed by atoms with Crippen molar-refractivity contribution >= 4 is 11.6 Å². The lowest BCUT2D eigenvalue weighted by Crippen LogP contribution is -2.22. The van der Waals surface area contributed by atoms with Crippen LogP contribution in [0.5, 0.6) is 5.75 Å². The van der Waals surface area contributed by atoms with Gasteiger partial charge in [-0.3, -0.25) is 4.79 Å². The van der Waals surface area contributed by atoms with Crippen molar-refractivity contribution in [3.05, 3.63) is 57.2 Å². The van der Waals surface area contributed by atoms with Gasteiger partial charge in [-0.25, -0.2) is 9.07 Å². The summed E-state index contributed by atoms with van der Waals surface area (Å²) in [5, 5.41) is 4.04. The molecule has 2 N–H and O–H groups in total. The number of aromatic nitrogens is 2. The normalized spacial score (nSPS) is 10.6. The van der Waals surface area contributed by atoms with Gasteiger partial charge in [-0.2, -0.15) is 5.10 Å². The zero-order chi connectivity index (χ0) is 15.2. The third kappa shape index (κ3) is 4.27. The minimum Gasteiger partial charge on any atom is -0.492 e. The lowest BCUT2D eigenvalue weighted by molar-refractivity contribution is 0.309. The predicted octanol–water partition coefficient (Wildman–Crippen LogP) is 1.81. The van der Waals surface area contributed by atoms with Crippen LogP contribution in [0.2, 0.25) is 5.02 Å². The van der Waals surface area contributed by atoms with Crippen molar-refractivity contribution in [3.63, 3.8) is 0 Å². The van der Waals surface area contributed by atoms with Crippen LogP contribution in [0.25, 0.3) is 0 Å². The van der Waals surface area contributed by atoms with Gasteiger partial charge < -0.3 is 10.5 Å². The Morgan fingerprint density at radius 3 is 2.86 bits per heavy atom. The Morgan fingerprint density at radius 2 is 2.19 bits per heavy atom. The van der Waals surface area contributed by atoms with Crippen LogP contribution >= 0.6 is 11.6 Å². The predicted molar refractivity (Wildman–Crippen MR) is 78.2 cm³/mol. The van der Waals surface area contributed by atoms with E-state index in [1.54, 1.807) is 6.07 Å². The third-order valence-electron chi connectivity index (χ3n) is 2.78. The fraction of sp³-hybridized carbons (Fsp3) is 0.286. The second kappa shape index (κ2) is 7.19. The Hall–Kier alpha value is -1.92. The molecule has 0 amide bonds. The van der Waals surface area contributed by atoms with E-state index in [0.29, 0.717) is 30.9 Å². The molecule has 5 nitrogen and oxygen atoms in total. The molecule has 0 fully saturated rings. The molecule has 0 saturated heterocycles. The number of nitrogens with zero attached hydrogens (tertiary/aromatic N) is 2. The first kappa shape index (κ1) is 15.5. The highest BCUT2D eigenvalue weighted by Gasteiger charge is 2.05. The molecule has 0 saturated carbocycles. The van der Waals surface area contributed by atoms with E-state index in [-0.39, 0.29) is 17.1 Å². The minimum absolute atomic E-state index is 0.0442. The molecule has 1 aromatic heterocycles. The molecule has 1 aromatic carbocycles. The van der Waals surface area contributed by atoms with E-state index in [1.165, 1.54) is 29.1 Å². The largest absolute Gasteiger partial charge is 0.492 e. The maximum absolute atomic E-state index is 13.3. The number of hydrogen-bond donors (Lipinski definition) is 1. The Bertz CT molecular complexity index is 676. The highest BCUT2D eigenvalue weighted by atomic mass is 35.5. The van der Waals surface area contributed by atoms with E-state index in [0.717, 1.165) is 0 Å². The van der Waals surface area contributed by atoms with Gasteiger partial charge in [0.25, 0.3) is 5.56 Å². The Labute approximate surface area is 126 Å². The smallest absolute Gasteiger partial charge is 0.270 e. The number of hydrogen-bond acceptors (Lipinski definition) is 4. The molecule has 2 aromatic rings. The average molecular weight is 312 g/mol. The molecule has 0 aliphatic rings. The van der Waals surface area contributed by atoms with E-state index in [4.69, 9.17) is 22.1 Å².